The zero-order chi connectivity index (χ0) is 14.3. The summed E-state index contributed by atoms with van der Waals surface area (Å²) in [4.78, 5) is 14.6. The summed E-state index contributed by atoms with van der Waals surface area (Å²) in [5, 5.41) is 6.01. The van der Waals surface area contributed by atoms with Gasteiger partial charge in [0.15, 0.2) is 11.6 Å². The highest BCUT2D eigenvalue weighted by atomic mass is 35.5. The van der Waals surface area contributed by atoms with Crippen molar-refractivity contribution in [2.75, 3.05) is 13.1 Å². The second kappa shape index (κ2) is 5.03. The summed E-state index contributed by atoms with van der Waals surface area (Å²) in [6.07, 6.45) is 0.848. The number of nitrogens with one attached hydrogen (secondary N) is 3. The van der Waals surface area contributed by atoms with E-state index in [0.717, 1.165) is 13.0 Å². The molecule has 0 radical (unpaired) electrons. The highest BCUT2D eigenvalue weighted by molar-refractivity contribution is 6.31. The Morgan fingerprint density at radius 3 is 2.85 bits per heavy atom. The first-order chi connectivity index (χ1) is 9.56. The third-order valence-corrected chi connectivity index (χ3v) is 3.67. The molecule has 1 aliphatic rings. The molecule has 1 aromatic heterocycles. The normalized spacial score (nSPS) is 18.6. The van der Waals surface area contributed by atoms with Gasteiger partial charge >= 0.3 is 0 Å². The maximum Gasteiger partial charge on any atom is 0.267 e. The van der Waals surface area contributed by atoms with Crippen LogP contribution in [0.3, 0.4) is 0 Å². The monoisotopic (exact) mass is 299 g/mol. The predicted molar refractivity (Wildman–Crippen MR) is 72.0 cm³/mol. The number of halogens is 3. The molecule has 0 saturated carbocycles. The van der Waals surface area contributed by atoms with Gasteiger partial charge in [0.05, 0.1) is 10.5 Å². The maximum atomic E-state index is 13.7. The summed E-state index contributed by atoms with van der Waals surface area (Å²) >= 11 is 5.58. The third kappa shape index (κ3) is 2.25. The number of fused-ring (bicyclic) bond motifs is 1. The van der Waals surface area contributed by atoms with Gasteiger partial charge < -0.3 is 15.6 Å². The summed E-state index contributed by atoms with van der Waals surface area (Å²) in [5.41, 5.74) is 0.133. The smallest absolute Gasteiger partial charge is 0.267 e. The second-order valence-electron chi connectivity index (χ2n) is 4.80. The van der Waals surface area contributed by atoms with E-state index in [-0.39, 0.29) is 28.2 Å². The summed E-state index contributed by atoms with van der Waals surface area (Å²) in [7, 11) is 0. The fourth-order valence-corrected chi connectivity index (χ4v) is 2.54. The average Bonchev–Trinajstić information content (AvgIpc) is 3.05. The van der Waals surface area contributed by atoms with Crippen molar-refractivity contribution in [1.82, 2.24) is 15.6 Å². The van der Waals surface area contributed by atoms with Crippen LogP contribution in [-0.2, 0) is 0 Å². The Morgan fingerprint density at radius 1 is 1.35 bits per heavy atom. The first kappa shape index (κ1) is 13.3. The minimum Gasteiger partial charge on any atom is -0.348 e. The van der Waals surface area contributed by atoms with Crippen molar-refractivity contribution in [3.8, 4) is 0 Å². The molecule has 0 spiro atoms. The lowest BCUT2D eigenvalue weighted by Crippen LogP contribution is -2.36. The summed E-state index contributed by atoms with van der Waals surface area (Å²) in [5.74, 6) is -2.53. The molecular formula is C13H12ClF2N3O. The quantitative estimate of drug-likeness (QED) is 0.745. The number of hydrogen-bond acceptors (Lipinski definition) is 2. The number of carbonyl (C=O) groups is 1. The molecule has 0 aliphatic carbocycles. The van der Waals surface area contributed by atoms with Crippen LogP contribution in [0.25, 0.3) is 10.9 Å². The second-order valence-corrected chi connectivity index (χ2v) is 5.20. The van der Waals surface area contributed by atoms with E-state index in [1.807, 2.05) is 0 Å². The molecule has 1 aliphatic heterocycles. The Bertz CT molecular complexity index is 680. The molecule has 2 heterocycles. The van der Waals surface area contributed by atoms with Crippen molar-refractivity contribution >= 4 is 28.4 Å². The molecular weight excluding hydrogens is 288 g/mol. The van der Waals surface area contributed by atoms with Crippen LogP contribution in [0.2, 0.25) is 5.02 Å². The van der Waals surface area contributed by atoms with Crippen LogP contribution in [0.5, 0.6) is 0 Å². The van der Waals surface area contributed by atoms with Gasteiger partial charge in [-0.2, -0.15) is 0 Å². The van der Waals surface area contributed by atoms with Crippen molar-refractivity contribution in [3.63, 3.8) is 0 Å². The first-order valence-electron chi connectivity index (χ1n) is 6.24. The Balaban J connectivity index is 1.92. The van der Waals surface area contributed by atoms with Crippen LogP contribution in [0.15, 0.2) is 12.1 Å². The van der Waals surface area contributed by atoms with Crippen LogP contribution in [0, 0.1) is 11.6 Å². The highest BCUT2D eigenvalue weighted by Crippen LogP contribution is 2.27. The minimum absolute atomic E-state index is 0.0541. The molecule has 1 fully saturated rings. The lowest BCUT2D eigenvalue weighted by atomic mass is 10.2. The van der Waals surface area contributed by atoms with Crippen LogP contribution in [0.1, 0.15) is 16.9 Å². The zero-order valence-electron chi connectivity index (χ0n) is 10.4. The number of aromatic amines is 1. The van der Waals surface area contributed by atoms with Crippen molar-refractivity contribution < 1.29 is 13.6 Å². The SMILES string of the molecule is O=C(N[C@@H]1CCNC1)c1cc2cc(Cl)c(F)c(F)c2[nH]1. The number of aromatic nitrogens is 1. The van der Waals surface area contributed by atoms with Gasteiger partial charge in [-0.1, -0.05) is 11.6 Å². The number of hydrogen-bond donors (Lipinski definition) is 3. The van der Waals surface area contributed by atoms with E-state index in [2.05, 4.69) is 15.6 Å². The molecule has 0 unspecified atom stereocenters. The lowest BCUT2D eigenvalue weighted by molar-refractivity contribution is 0.0936. The predicted octanol–water partition coefficient (Wildman–Crippen LogP) is 2.19. The van der Waals surface area contributed by atoms with E-state index in [0.29, 0.717) is 11.9 Å². The standard InChI is InChI=1S/C13H12ClF2N3O/c14-8-3-6-4-9(19-12(6)11(16)10(8)15)13(20)18-7-1-2-17-5-7/h3-4,7,17,19H,1-2,5H2,(H,18,20)/t7-/m1/s1. The molecule has 20 heavy (non-hydrogen) atoms. The van der Waals surface area contributed by atoms with Gasteiger partial charge in [0.1, 0.15) is 5.69 Å². The zero-order valence-corrected chi connectivity index (χ0v) is 11.2. The number of benzene rings is 1. The summed E-state index contributed by atoms with van der Waals surface area (Å²) < 4.78 is 27.1. The molecule has 3 N–H and O–H groups in total. The van der Waals surface area contributed by atoms with Crippen molar-refractivity contribution in [2.45, 2.75) is 12.5 Å². The fraction of sp³-hybridized carbons (Fsp3) is 0.308. The van der Waals surface area contributed by atoms with Gasteiger partial charge in [0.25, 0.3) is 5.91 Å². The van der Waals surface area contributed by atoms with Crippen LogP contribution in [0.4, 0.5) is 8.78 Å². The molecule has 2 aromatic rings. The average molecular weight is 300 g/mol. The van der Waals surface area contributed by atoms with E-state index in [4.69, 9.17) is 11.6 Å². The first-order valence-corrected chi connectivity index (χ1v) is 6.62. The summed E-state index contributed by atoms with van der Waals surface area (Å²) in [6, 6.07) is 2.81. The molecule has 1 saturated heterocycles. The molecule has 1 amide bonds. The van der Waals surface area contributed by atoms with Crippen molar-refractivity contribution in [2.24, 2.45) is 0 Å². The Labute approximate surface area is 118 Å². The van der Waals surface area contributed by atoms with E-state index < -0.39 is 11.6 Å². The van der Waals surface area contributed by atoms with Crippen LogP contribution < -0.4 is 10.6 Å². The largest absolute Gasteiger partial charge is 0.348 e. The van der Waals surface area contributed by atoms with E-state index in [1.54, 1.807) is 0 Å². The fourth-order valence-electron chi connectivity index (χ4n) is 2.34. The van der Waals surface area contributed by atoms with Gasteiger partial charge in [0.2, 0.25) is 0 Å². The van der Waals surface area contributed by atoms with Gasteiger partial charge in [0, 0.05) is 18.0 Å². The lowest BCUT2D eigenvalue weighted by Gasteiger charge is -2.09. The summed E-state index contributed by atoms with van der Waals surface area (Å²) in [6.45, 7) is 1.56. The molecule has 7 heteroatoms. The molecule has 0 bridgehead atoms. The molecule has 1 aromatic carbocycles. The van der Waals surface area contributed by atoms with Gasteiger partial charge in [-0.05, 0) is 25.1 Å². The number of H-pyrrole nitrogens is 1. The van der Waals surface area contributed by atoms with Gasteiger partial charge in [-0.25, -0.2) is 8.78 Å². The topological polar surface area (TPSA) is 56.9 Å². The van der Waals surface area contributed by atoms with Crippen LogP contribution in [-0.4, -0.2) is 30.0 Å². The van der Waals surface area contributed by atoms with E-state index >= 15 is 0 Å². The van der Waals surface area contributed by atoms with Gasteiger partial charge in [-0.15, -0.1) is 0 Å². The highest BCUT2D eigenvalue weighted by Gasteiger charge is 2.20. The van der Waals surface area contributed by atoms with Crippen molar-refractivity contribution in [1.29, 1.82) is 0 Å². The maximum absolute atomic E-state index is 13.7. The Hall–Kier alpha value is -1.66. The Morgan fingerprint density at radius 2 is 2.15 bits per heavy atom. The molecule has 3 rings (SSSR count). The molecule has 4 nitrogen and oxygen atoms in total. The van der Waals surface area contributed by atoms with Crippen molar-refractivity contribution in [3.05, 3.63) is 34.5 Å². The Kier molecular flexibility index (Phi) is 3.35. The van der Waals surface area contributed by atoms with Crippen LogP contribution >= 0.6 is 11.6 Å². The third-order valence-electron chi connectivity index (χ3n) is 3.39. The number of rotatable bonds is 2. The minimum atomic E-state index is -1.12. The number of amides is 1. The van der Waals surface area contributed by atoms with Gasteiger partial charge in [-0.3, -0.25) is 4.79 Å². The molecule has 1 atom stereocenters. The number of carbonyl (C=O) groups excluding carboxylic acids is 1. The molecule has 106 valence electrons. The van der Waals surface area contributed by atoms with E-state index in [9.17, 15) is 13.6 Å². The van der Waals surface area contributed by atoms with E-state index in [1.165, 1.54) is 12.1 Å².